The van der Waals surface area contributed by atoms with E-state index in [1.807, 2.05) is 13.8 Å². The van der Waals surface area contributed by atoms with E-state index < -0.39 is 0 Å². The zero-order chi connectivity index (χ0) is 12.1. The average molecular weight is 287 g/mol. The fraction of sp³-hybridized carbons (Fsp3) is 0.455. The van der Waals surface area contributed by atoms with Crippen LogP contribution in [-0.2, 0) is 11.3 Å². The molecule has 1 rings (SSSR count). The molecule has 0 bridgehead atoms. The Morgan fingerprint density at radius 2 is 2.00 bits per heavy atom. The third kappa shape index (κ3) is 3.20. The quantitative estimate of drug-likeness (QED) is 0.841. The molecule has 1 amide bonds. The summed E-state index contributed by atoms with van der Waals surface area (Å²) in [7, 11) is 0. The standard InChI is InChI=1S/C11H15BrN2O2/c1-3-13(4-2)11(16)8-14-7-9(12)5-6-10(14)15/h5-7H,3-4,8H2,1-2H3. The van der Waals surface area contributed by atoms with E-state index in [-0.39, 0.29) is 18.0 Å². The topological polar surface area (TPSA) is 42.3 Å². The minimum absolute atomic E-state index is 0.0369. The average Bonchev–Trinajstić information content (AvgIpc) is 2.25. The lowest BCUT2D eigenvalue weighted by atomic mass is 10.4. The van der Waals surface area contributed by atoms with Crippen molar-refractivity contribution in [3.63, 3.8) is 0 Å². The van der Waals surface area contributed by atoms with Crippen molar-refractivity contribution in [3.05, 3.63) is 33.2 Å². The summed E-state index contributed by atoms with van der Waals surface area (Å²) in [5.41, 5.74) is -0.163. The SMILES string of the molecule is CCN(CC)C(=O)Cn1cc(Br)ccc1=O. The number of rotatable bonds is 4. The van der Waals surface area contributed by atoms with Gasteiger partial charge in [0.1, 0.15) is 6.54 Å². The van der Waals surface area contributed by atoms with Crippen LogP contribution in [0.3, 0.4) is 0 Å². The molecule has 0 aliphatic heterocycles. The number of pyridine rings is 1. The Hall–Kier alpha value is -1.10. The first-order valence-corrected chi connectivity index (χ1v) is 6.01. The van der Waals surface area contributed by atoms with Crippen molar-refractivity contribution in [2.45, 2.75) is 20.4 Å². The third-order valence-electron chi connectivity index (χ3n) is 2.37. The first-order valence-electron chi connectivity index (χ1n) is 5.22. The van der Waals surface area contributed by atoms with Crippen LogP contribution in [0.5, 0.6) is 0 Å². The normalized spacial score (nSPS) is 10.2. The van der Waals surface area contributed by atoms with Gasteiger partial charge in [0.15, 0.2) is 0 Å². The van der Waals surface area contributed by atoms with Gasteiger partial charge in [-0.05, 0) is 35.8 Å². The molecule has 0 spiro atoms. The first kappa shape index (κ1) is 13.0. The van der Waals surface area contributed by atoms with Gasteiger partial charge in [-0.3, -0.25) is 9.59 Å². The maximum atomic E-state index is 11.8. The summed E-state index contributed by atoms with van der Waals surface area (Å²) >= 11 is 3.27. The maximum Gasteiger partial charge on any atom is 0.251 e. The lowest BCUT2D eigenvalue weighted by Crippen LogP contribution is -2.35. The molecule has 0 saturated heterocycles. The van der Waals surface area contributed by atoms with Crippen LogP contribution in [0.25, 0.3) is 0 Å². The molecule has 4 nitrogen and oxygen atoms in total. The van der Waals surface area contributed by atoms with E-state index in [0.29, 0.717) is 13.1 Å². The molecule has 1 aromatic heterocycles. The number of likely N-dealkylation sites (N-methyl/N-ethyl adjacent to an activating group) is 1. The number of amides is 1. The van der Waals surface area contributed by atoms with Crippen LogP contribution in [0.4, 0.5) is 0 Å². The second-order valence-corrected chi connectivity index (χ2v) is 4.30. The second-order valence-electron chi connectivity index (χ2n) is 3.38. The monoisotopic (exact) mass is 286 g/mol. The second kappa shape index (κ2) is 5.84. The Balaban J connectivity index is 2.84. The predicted molar refractivity (Wildman–Crippen MR) is 66.3 cm³/mol. The molecular weight excluding hydrogens is 272 g/mol. The van der Waals surface area contributed by atoms with E-state index in [4.69, 9.17) is 0 Å². The highest BCUT2D eigenvalue weighted by Crippen LogP contribution is 2.05. The van der Waals surface area contributed by atoms with E-state index >= 15 is 0 Å². The van der Waals surface area contributed by atoms with Crippen molar-refractivity contribution >= 4 is 21.8 Å². The summed E-state index contributed by atoms with van der Waals surface area (Å²) in [6.07, 6.45) is 1.63. The van der Waals surface area contributed by atoms with Gasteiger partial charge in [0.2, 0.25) is 5.91 Å². The number of hydrogen-bond acceptors (Lipinski definition) is 2. The van der Waals surface area contributed by atoms with Gasteiger partial charge in [0.25, 0.3) is 5.56 Å². The Labute approximate surface area is 103 Å². The van der Waals surface area contributed by atoms with Crippen LogP contribution < -0.4 is 5.56 Å². The Morgan fingerprint density at radius 3 is 2.56 bits per heavy atom. The highest BCUT2D eigenvalue weighted by Gasteiger charge is 2.10. The molecule has 0 fully saturated rings. The molecule has 0 unspecified atom stereocenters. The van der Waals surface area contributed by atoms with Crippen LogP contribution in [0.15, 0.2) is 27.6 Å². The number of nitrogens with zero attached hydrogens (tertiary/aromatic N) is 2. The van der Waals surface area contributed by atoms with E-state index in [1.165, 1.54) is 10.6 Å². The van der Waals surface area contributed by atoms with Crippen molar-refractivity contribution in [3.8, 4) is 0 Å². The molecule has 0 radical (unpaired) electrons. The molecule has 16 heavy (non-hydrogen) atoms. The van der Waals surface area contributed by atoms with Crippen LogP contribution in [0.1, 0.15) is 13.8 Å². The van der Waals surface area contributed by atoms with Gasteiger partial charge in [-0.15, -0.1) is 0 Å². The van der Waals surface area contributed by atoms with Gasteiger partial charge in [-0.25, -0.2) is 0 Å². The summed E-state index contributed by atoms with van der Waals surface area (Å²) in [6.45, 7) is 5.27. The highest BCUT2D eigenvalue weighted by atomic mass is 79.9. The fourth-order valence-electron chi connectivity index (χ4n) is 1.45. The molecule has 0 atom stereocenters. The summed E-state index contributed by atoms with van der Waals surface area (Å²) < 4.78 is 2.20. The summed E-state index contributed by atoms with van der Waals surface area (Å²) in [4.78, 5) is 25.0. The third-order valence-corrected chi connectivity index (χ3v) is 2.84. The lowest BCUT2D eigenvalue weighted by Gasteiger charge is -2.19. The molecular formula is C11H15BrN2O2. The van der Waals surface area contributed by atoms with Gasteiger partial charge < -0.3 is 9.47 Å². The van der Waals surface area contributed by atoms with Gasteiger partial charge in [0.05, 0.1) is 0 Å². The number of hydrogen-bond donors (Lipinski definition) is 0. The highest BCUT2D eigenvalue weighted by molar-refractivity contribution is 9.10. The summed E-state index contributed by atoms with van der Waals surface area (Å²) in [5, 5.41) is 0. The molecule has 5 heteroatoms. The van der Waals surface area contributed by atoms with Crippen molar-refractivity contribution in [2.75, 3.05) is 13.1 Å². The van der Waals surface area contributed by atoms with E-state index in [9.17, 15) is 9.59 Å². The van der Waals surface area contributed by atoms with Crippen molar-refractivity contribution in [1.82, 2.24) is 9.47 Å². The molecule has 88 valence electrons. The van der Waals surface area contributed by atoms with Crippen molar-refractivity contribution in [2.24, 2.45) is 0 Å². The lowest BCUT2D eigenvalue weighted by molar-refractivity contribution is -0.131. The minimum atomic E-state index is -0.163. The Kier molecular flexibility index (Phi) is 4.73. The Morgan fingerprint density at radius 1 is 1.38 bits per heavy atom. The van der Waals surface area contributed by atoms with E-state index in [1.54, 1.807) is 17.2 Å². The first-order chi connectivity index (χ1) is 7.58. The van der Waals surface area contributed by atoms with Crippen LogP contribution >= 0.6 is 15.9 Å². The minimum Gasteiger partial charge on any atom is -0.342 e. The fourth-order valence-corrected chi connectivity index (χ4v) is 1.83. The molecule has 0 aliphatic carbocycles. The molecule has 0 N–H and O–H groups in total. The molecule has 0 aromatic carbocycles. The summed E-state index contributed by atoms with van der Waals surface area (Å²) in [6, 6.07) is 3.11. The van der Waals surface area contributed by atoms with Crippen LogP contribution in [0.2, 0.25) is 0 Å². The van der Waals surface area contributed by atoms with Crippen LogP contribution in [0, 0.1) is 0 Å². The van der Waals surface area contributed by atoms with Gasteiger partial charge in [-0.2, -0.15) is 0 Å². The zero-order valence-electron chi connectivity index (χ0n) is 9.44. The molecule has 0 saturated carbocycles. The number of carbonyl (C=O) groups excluding carboxylic acids is 1. The number of carbonyl (C=O) groups is 1. The maximum absolute atomic E-state index is 11.8. The smallest absolute Gasteiger partial charge is 0.251 e. The van der Waals surface area contributed by atoms with Gasteiger partial charge in [-0.1, -0.05) is 0 Å². The van der Waals surface area contributed by atoms with Crippen LogP contribution in [-0.4, -0.2) is 28.5 Å². The van der Waals surface area contributed by atoms with E-state index in [0.717, 1.165) is 4.47 Å². The van der Waals surface area contributed by atoms with Crippen molar-refractivity contribution in [1.29, 1.82) is 0 Å². The van der Waals surface area contributed by atoms with Crippen molar-refractivity contribution < 1.29 is 4.79 Å². The Bertz CT molecular complexity index is 424. The van der Waals surface area contributed by atoms with Gasteiger partial charge in [0, 0.05) is 29.8 Å². The van der Waals surface area contributed by atoms with E-state index in [2.05, 4.69) is 15.9 Å². The zero-order valence-corrected chi connectivity index (χ0v) is 11.0. The molecule has 1 aromatic rings. The molecule has 0 aliphatic rings. The molecule has 1 heterocycles. The number of halogens is 1. The predicted octanol–water partition coefficient (Wildman–Crippen LogP) is 1.48. The number of aromatic nitrogens is 1. The largest absolute Gasteiger partial charge is 0.342 e. The summed E-state index contributed by atoms with van der Waals surface area (Å²) in [5.74, 6) is -0.0369. The van der Waals surface area contributed by atoms with Gasteiger partial charge >= 0.3 is 0 Å².